The quantitative estimate of drug-likeness (QED) is 0.153. The van der Waals surface area contributed by atoms with Crippen molar-refractivity contribution < 1.29 is 5.32 Å². The fourth-order valence-electron chi connectivity index (χ4n) is 7.27. The Hall–Kier alpha value is -5.81. The Morgan fingerprint density at radius 1 is 0.449 bits per heavy atom. The molecule has 10 rings (SSSR count). The molecule has 4 heteroatoms. The molecule has 230 valence electrons. The van der Waals surface area contributed by atoms with Gasteiger partial charge in [0.05, 0.1) is 21.7 Å². The van der Waals surface area contributed by atoms with Gasteiger partial charge in [0.2, 0.25) is 0 Å². The fourth-order valence-corrected chi connectivity index (χ4v) is 8.49. The van der Waals surface area contributed by atoms with E-state index in [0.29, 0.717) is 5.37 Å². The van der Waals surface area contributed by atoms with Gasteiger partial charge in [-0.05, 0) is 68.0 Å². The molecule has 0 amide bonds. The fraction of sp³-hybridized carbons (Fsp3) is 0.0222. The molecule has 3 nitrogen and oxygen atoms in total. The number of aromatic nitrogens is 2. The van der Waals surface area contributed by atoms with E-state index in [0.717, 1.165) is 33.9 Å². The zero-order chi connectivity index (χ0) is 32.3. The van der Waals surface area contributed by atoms with Crippen LogP contribution in [0.1, 0.15) is 10.9 Å². The first-order chi connectivity index (χ1) is 24.2. The molecule has 0 aliphatic carbocycles. The van der Waals surface area contributed by atoms with Gasteiger partial charge in [-0.25, -0.2) is 9.97 Å². The first-order valence-electron chi connectivity index (χ1n) is 16.7. The molecule has 8 aromatic carbocycles. The van der Waals surface area contributed by atoms with E-state index in [4.69, 9.17) is 9.97 Å². The Morgan fingerprint density at radius 2 is 1.00 bits per heavy atom. The molecular weight excluding hydrogens is 615 g/mol. The highest BCUT2D eigenvalue weighted by atomic mass is 32.2. The van der Waals surface area contributed by atoms with Crippen LogP contribution in [0.15, 0.2) is 169 Å². The number of hydrogen-bond donors (Lipinski definition) is 1. The summed E-state index contributed by atoms with van der Waals surface area (Å²) < 4.78 is 0. The zero-order valence-electron chi connectivity index (χ0n) is 26.5. The van der Waals surface area contributed by atoms with Crippen molar-refractivity contribution in [2.45, 2.75) is 10.3 Å². The van der Waals surface area contributed by atoms with Gasteiger partial charge in [0.1, 0.15) is 0 Å². The smallest absolute Gasteiger partial charge is 0.168 e. The molecular formula is C45H30N3S+. The molecule has 0 bridgehead atoms. The summed E-state index contributed by atoms with van der Waals surface area (Å²) in [5.41, 5.74) is 7.65. The van der Waals surface area contributed by atoms with Crippen molar-refractivity contribution in [3.8, 4) is 33.9 Å². The summed E-state index contributed by atoms with van der Waals surface area (Å²) in [5.74, 6) is 0.723. The number of rotatable bonds is 4. The summed E-state index contributed by atoms with van der Waals surface area (Å²) in [6.07, 6.45) is 0. The minimum atomic E-state index is 0.316. The number of quaternary nitrogens is 1. The second kappa shape index (κ2) is 11.4. The molecule has 1 aliphatic rings. The van der Waals surface area contributed by atoms with Crippen molar-refractivity contribution in [1.29, 1.82) is 0 Å². The highest BCUT2D eigenvalue weighted by molar-refractivity contribution is 7.99. The van der Waals surface area contributed by atoms with Crippen LogP contribution in [0.4, 0.5) is 5.69 Å². The van der Waals surface area contributed by atoms with Crippen LogP contribution in [0.3, 0.4) is 0 Å². The molecule has 2 N–H and O–H groups in total. The maximum atomic E-state index is 5.22. The molecule has 0 radical (unpaired) electrons. The van der Waals surface area contributed by atoms with Crippen LogP contribution >= 0.6 is 11.8 Å². The van der Waals surface area contributed by atoms with Crippen molar-refractivity contribution in [2.24, 2.45) is 0 Å². The van der Waals surface area contributed by atoms with E-state index in [2.05, 4.69) is 169 Å². The first kappa shape index (κ1) is 28.2. The van der Waals surface area contributed by atoms with E-state index >= 15 is 0 Å². The highest BCUT2D eigenvalue weighted by Crippen LogP contribution is 2.45. The highest BCUT2D eigenvalue weighted by Gasteiger charge is 2.30. The summed E-state index contributed by atoms with van der Waals surface area (Å²) in [6.45, 7) is 0. The van der Waals surface area contributed by atoms with Crippen molar-refractivity contribution in [2.75, 3.05) is 0 Å². The van der Waals surface area contributed by atoms with E-state index in [9.17, 15) is 0 Å². The largest absolute Gasteiger partial charge is 0.297 e. The van der Waals surface area contributed by atoms with Gasteiger partial charge in [-0.3, -0.25) is 5.32 Å². The average molecular weight is 645 g/mol. The zero-order valence-corrected chi connectivity index (χ0v) is 27.4. The predicted octanol–water partition coefficient (Wildman–Crippen LogP) is 11.1. The summed E-state index contributed by atoms with van der Waals surface area (Å²) in [4.78, 5) is 11.8. The molecule has 9 aromatic rings. The van der Waals surface area contributed by atoms with Gasteiger partial charge >= 0.3 is 0 Å². The Kier molecular flexibility index (Phi) is 6.57. The summed E-state index contributed by atoms with van der Waals surface area (Å²) in [5, 5.41) is 12.6. The second-order valence-electron chi connectivity index (χ2n) is 12.8. The molecule has 1 aromatic heterocycles. The SMILES string of the molecule is c1ccc(C2[NH2+]c3c(ccc4ccc5cc(-c6nc(-c7ccc8ccccc8c7)cc(-c7ccc8ccccc8c7)n6)ccc5c34)S2)cc1. The third kappa shape index (κ3) is 4.96. The lowest BCUT2D eigenvalue weighted by molar-refractivity contribution is -0.588. The van der Waals surface area contributed by atoms with Gasteiger partial charge in [-0.2, -0.15) is 0 Å². The van der Waals surface area contributed by atoms with E-state index in [1.165, 1.54) is 59.2 Å². The summed E-state index contributed by atoms with van der Waals surface area (Å²) >= 11 is 1.94. The van der Waals surface area contributed by atoms with Crippen LogP contribution in [0.25, 0.3) is 77.0 Å². The molecule has 0 spiro atoms. The van der Waals surface area contributed by atoms with Gasteiger partial charge in [0.15, 0.2) is 16.9 Å². The lowest BCUT2D eigenvalue weighted by Crippen LogP contribution is -2.76. The average Bonchev–Trinajstić information content (AvgIpc) is 3.62. The van der Waals surface area contributed by atoms with Crippen molar-refractivity contribution in [3.05, 3.63) is 169 Å². The molecule has 1 aliphatic heterocycles. The number of nitrogens with zero attached hydrogens (tertiary/aromatic N) is 2. The van der Waals surface area contributed by atoms with E-state index in [-0.39, 0.29) is 0 Å². The molecule has 1 atom stereocenters. The Morgan fingerprint density at radius 3 is 1.69 bits per heavy atom. The third-order valence-electron chi connectivity index (χ3n) is 9.78. The molecule has 0 fully saturated rings. The van der Waals surface area contributed by atoms with Crippen LogP contribution in [-0.2, 0) is 0 Å². The molecule has 2 heterocycles. The topological polar surface area (TPSA) is 42.4 Å². The van der Waals surface area contributed by atoms with Crippen molar-refractivity contribution >= 4 is 60.5 Å². The molecule has 1 unspecified atom stereocenters. The van der Waals surface area contributed by atoms with Gasteiger partial charge in [-0.1, -0.05) is 145 Å². The second-order valence-corrected chi connectivity index (χ2v) is 14.0. The van der Waals surface area contributed by atoms with Crippen LogP contribution < -0.4 is 5.32 Å². The van der Waals surface area contributed by atoms with Gasteiger partial charge < -0.3 is 0 Å². The summed E-state index contributed by atoms with van der Waals surface area (Å²) in [7, 11) is 0. The lowest BCUT2D eigenvalue weighted by atomic mass is 9.98. The van der Waals surface area contributed by atoms with Gasteiger partial charge in [0, 0.05) is 22.3 Å². The van der Waals surface area contributed by atoms with E-state index in [1.807, 2.05) is 11.8 Å². The first-order valence-corrected chi connectivity index (χ1v) is 17.6. The molecule has 49 heavy (non-hydrogen) atoms. The number of nitrogens with two attached hydrogens (primary N) is 1. The number of benzene rings is 8. The third-order valence-corrected chi connectivity index (χ3v) is 11.0. The van der Waals surface area contributed by atoms with Crippen LogP contribution in [0, 0.1) is 0 Å². The predicted molar refractivity (Wildman–Crippen MR) is 205 cm³/mol. The Labute approximate surface area is 288 Å². The van der Waals surface area contributed by atoms with Crippen LogP contribution in [-0.4, -0.2) is 9.97 Å². The van der Waals surface area contributed by atoms with Gasteiger partial charge in [0.25, 0.3) is 0 Å². The maximum Gasteiger partial charge on any atom is 0.168 e. The number of hydrogen-bond acceptors (Lipinski definition) is 3. The van der Waals surface area contributed by atoms with E-state index in [1.54, 1.807) is 0 Å². The van der Waals surface area contributed by atoms with Crippen molar-refractivity contribution in [3.63, 3.8) is 0 Å². The van der Waals surface area contributed by atoms with Gasteiger partial charge in [-0.15, -0.1) is 0 Å². The van der Waals surface area contributed by atoms with Crippen LogP contribution in [0.5, 0.6) is 0 Å². The minimum Gasteiger partial charge on any atom is -0.297 e. The number of fused-ring (bicyclic) bond motifs is 7. The molecule has 0 saturated heterocycles. The standard InChI is InChI=1S/C45H29N3S/c1-2-10-31(11-3-1)45-48-43-41(49-45)23-21-30-16-17-34-26-37(20-22-38(34)42(30)43)44-46-39(35-18-14-28-8-4-6-12-32(28)24-35)27-40(47-44)36-19-15-29-9-5-7-13-33(29)25-36/h1-27,45,48H/p+1. The minimum absolute atomic E-state index is 0.316. The lowest BCUT2D eigenvalue weighted by Gasteiger charge is -2.12. The van der Waals surface area contributed by atoms with Crippen molar-refractivity contribution in [1.82, 2.24) is 9.97 Å². The molecule has 0 saturated carbocycles. The maximum absolute atomic E-state index is 5.22. The van der Waals surface area contributed by atoms with Crippen LogP contribution in [0.2, 0.25) is 0 Å². The summed E-state index contributed by atoms with van der Waals surface area (Å²) in [6, 6.07) is 58.8. The Balaban J connectivity index is 1.12. The monoisotopic (exact) mass is 644 g/mol. The van der Waals surface area contributed by atoms with E-state index < -0.39 is 0 Å². The Bertz CT molecular complexity index is 2640. The number of thioether (sulfide) groups is 1. The normalized spacial score (nSPS) is 14.2.